The first-order valence-electron chi connectivity index (χ1n) is 5.75. The summed E-state index contributed by atoms with van der Waals surface area (Å²) in [7, 11) is 2.17. The summed E-state index contributed by atoms with van der Waals surface area (Å²) in [6, 6.07) is 5.91. The van der Waals surface area contributed by atoms with Crippen LogP contribution in [0.15, 0.2) is 18.2 Å². The van der Waals surface area contributed by atoms with E-state index in [1.165, 1.54) is 18.7 Å². The summed E-state index contributed by atoms with van der Waals surface area (Å²) in [5.74, 6) is 0. The van der Waals surface area contributed by atoms with Crippen molar-refractivity contribution >= 4 is 17.1 Å². The van der Waals surface area contributed by atoms with E-state index in [2.05, 4.69) is 22.9 Å². The first kappa shape index (κ1) is 11.1. The van der Waals surface area contributed by atoms with E-state index in [0.717, 1.165) is 19.6 Å². The number of benzene rings is 1. The molecule has 88 valence electrons. The van der Waals surface area contributed by atoms with Gasteiger partial charge in [0.15, 0.2) is 0 Å². The van der Waals surface area contributed by atoms with E-state index < -0.39 is 0 Å². The van der Waals surface area contributed by atoms with E-state index in [-0.39, 0.29) is 0 Å². The van der Waals surface area contributed by atoms with E-state index in [4.69, 9.17) is 11.5 Å². The maximum Gasteiger partial charge on any atom is 0.0568 e. The Morgan fingerprint density at radius 2 is 1.81 bits per heavy atom. The minimum Gasteiger partial charge on any atom is -0.397 e. The fourth-order valence-electron chi connectivity index (χ4n) is 2.06. The Balaban J connectivity index is 2.13. The van der Waals surface area contributed by atoms with Crippen LogP contribution in [0.4, 0.5) is 17.1 Å². The molecule has 4 nitrogen and oxygen atoms in total. The van der Waals surface area contributed by atoms with Crippen molar-refractivity contribution in [1.82, 2.24) is 4.90 Å². The third-order valence-electron chi connectivity index (χ3n) is 3.16. The van der Waals surface area contributed by atoms with Crippen molar-refractivity contribution in [2.24, 2.45) is 0 Å². The molecule has 2 rings (SSSR count). The average molecular weight is 220 g/mol. The van der Waals surface area contributed by atoms with Crippen LogP contribution in [0.5, 0.6) is 0 Å². The van der Waals surface area contributed by atoms with E-state index in [1.807, 2.05) is 12.1 Å². The molecule has 0 amide bonds. The largest absolute Gasteiger partial charge is 0.397 e. The smallest absolute Gasteiger partial charge is 0.0568 e. The lowest BCUT2D eigenvalue weighted by Gasteiger charge is -2.23. The van der Waals surface area contributed by atoms with Crippen LogP contribution in [0.3, 0.4) is 0 Å². The first-order valence-corrected chi connectivity index (χ1v) is 5.75. The minimum atomic E-state index is 0.663. The van der Waals surface area contributed by atoms with Gasteiger partial charge in [-0.1, -0.05) is 0 Å². The lowest BCUT2D eigenvalue weighted by molar-refractivity contribution is 0.360. The second-order valence-corrected chi connectivity index (χ2v) is 4.46. The van der Waals surface area contributed by atoms with Gasteiger partial charge in [-0.05, 0) is 38.2 Å². The standard InChI is InChI=1S/C12H20N4/c1-15-5-2-6-16(8-7-15)10-3-4-11(13)12(14)9-10/h3-4,9H,2,5-8,13-14H2,1H3. The summed E-state index contributed by atoms with van der Waals surface area (Å²) in [6.45, 7) is 4.42. The van der Waals surface area contributed by atoms with Gasteiger partial charge >= 0.3 is 0 Å². The van der Waals surface area contributed by atoms with Crippen molar-refractivity contribution in [2.75, 3.05) is 49.6 Å². The Morgan fingerprint density at radius 1 is 1.00 bits per heavy atom. The van der Waals surface area contributed by atoms with Gasteiger partial charge in [-0.15, -0.1) is 0 Å². The fourth-order valence-corrected chi connectivity index (χ4v) is 2.06. The second-order valence-electron chi connectivity index (χ2n) is 4.46. The molecular weight excluding hydrogens is 200 g/mol. The molecule has 0 atom stereocenters. The lowest BCUT2D eigenvalue weighted by Crippen LogP contribution is -2.28. The molecule has 1 aliphatic rings. The van der Waals surface area contributed by atoms with Gasteiger partial charge in [0.1, 0.15) is 0 Å². The topological polar surface area (TPSA) is 58.5 Å². The number of likely N-dealkylation sites (N-methyl/N-ethyl adjacent to an activating group) is 1. The molecule has 0 aromatic heterocycles. The molecule has 4 heteroatoms. The van der Waals surface area contributed by atoms with Crippen molar-refractivity contribution in [1.29, 1.82) is 0 Å². The molecule has 1 aromatic carbocycles. The van der Waals surface area contributed by atoms with E-state index >= 15 is 0 Å². The summed E-state index contributed by atoms with van der Waals surface area (Å²) in [5, 5.41) is 0. The zero-order valence-electron chi connectivity index (χ0n) is 9.82. The summed E-state index contributed by atoms with van der Waals surface area (Å²) < 4.78 is 0. The Morgan fingerprint density at radius 3 is 2.56 bits per heavy atom. The summed E-state index contributed by atoms with van der Waals surface area (Å²) >= 11 is 0. The number of hydrogen-bond donors (Lipinski definition) is 2. The number of nitrogens with two attached hydrogens (primary N) is 2. The predicted molar refractivity (Wildman–Crippen MR) is 69.6 cm³/mol. The van der Waals surface area contributed by atoms with Crippen LogP contribution in [-0.2, 0) is 0 Å². The number of nitrogen functional groups attached to an aromatic ring is 2. The highest BCUT2D eigenvalue weighted by Gasteiger charge is 2.12. The summed E-state index contributed by atoms with van der Waals surface area (Å²) in [6.07, 6.45) is 1.20. The molecule has 1 aromatic rings. The molecule has 0 saturated carbocycles. The van der Waals surface area contributed by atoms with Gasteiger partial charge in [-0.25, -0.2) is 0 Å². The Kier molecular flexibility index (Phi) is 3.19. The molecule has 1 saturated heterocycles. The van der Waals surface area contributed by atoms with Crippen LogP contribution in [0.25, 0.3) is 0 Å². The van der Waals surface area contributed by atoms with Gasteiger partial charge in [0, 0.05) is 25.3 Å². The minimum absolute atomic E-state index is 0.663. The number of anilines is 3. The zero-order valence-corrected chi connectivity index (χ0v) is 9.82. The average Bonchev–Trinajstić information content (AvgIpc) is 2.47. The fraction of sp³-hybridized carbons (Fsp3) is 0.500. The van der Waals surface area contributed by atoms with Gasteiger partial charge in [-0.3, -0.25) is 0 Å². The Hall–Kier alpha value is -1.42. The third kappa shape index (κ3) is 2.39. The van der Waals surface area contributed by atoms with Gasteiger partial charge in [0.05, 0.1) is 11.4 Å². The molecule has 0 unspecified atom stereocenters. The van der Waals surface area contributed by atoms with E-state index in [9.17, 15) is 0 Å². The normalized spacial score (nSPS) is 18.4. The van der Waals surface area contributed by atoms with Crippen LogP contribution in [0.2, 0.25) is 0 Å². The van der Waals surface area contributed by atoms with E-state index in [1.54, 1.807) is 0 Å². The molecular formula is C12H20N4. The third-order valence-corrected chi connectivity index (χ3v) is 3.16. The van der Waals surface area contributed by atoms with Gasteiger partial charge in [0.25, 0.3) is 0 Å². The number of hydrogen-bond acceptors (Lipinski definition) is 4. The first-order chi connectivity index (χ1) is 7.66. The van der Waals surface area contributed by atoms with Crippen LogP contribution in [0, 0.1) is 0 Å². The zero-order chi connectivity index (χ0) is 11.5. The molecule has 4 N–H and O–H groups in total. The molecule has 0 spiro atoms. The predicted octanol–water partition coefficient (Wildman–Crippen LogP) is 0.993. The van der Waals surface area contributed by atoms with Crippen molar-refractivity contribution in [3.8, 4) is 0 Å². The lowest BCUT2D eigenvalue weighted by atomic mass is 10.2. The molecule has 1 heterocycles. The molecule has 0 radical (unpaired) electrons. The van der Waals surface area contributed by atoms with Gasteiger partial charge in [0.2, 0.25) is 0 Å². The molecule has 1 aliphatic heterocycles. The number of rotatable bonds is 1. The second kappa shape index (κ2) is 4.61. The Labute approximate surface area is 96.8 Å². The van der Waals surface area contributed by atoms with Crippen molar-refractivity contribution in [3.63, 3.8) is 0 Å². The summed E-state index contributed by atoms with van der Waals surface area (Å²) in [4.78, 5) is 4.74. The highest BCUT2D eigenvalue weighted by atomic mass is 15.2. The van der Waals surface area contributed by atoms with Crippen molar-refractivity contribution < 1.29 is 0 Å². The van der Waals surface area contributed by atoms with Crippen LogP contribution < -0.4 is 16.4 Å². The quantitative estimate of drug-likeness (QED) is 0.693. The molecule has 0 bridgehead atoms. The van der Waals surface area contributed by atoms with Crippen LogP contribution in [-0.4, -0.2) is 38.1 Å². The highest BCUT2D eigenvalue weighted by Crippen LogP contribution is 2.23. The van der Waals surface area contributed by atoms with Crippen LogP contribution in [0.1, 0.15) is 6.42 Å². The van der Waals surface area contributed by atoms with Crippen LogP contribution >= 0.6 is 0 Å². The number of nitrogens with zero attached hydrogens (tertiary/aromatic N) is 2. The Bertz CT molecular complexity index is 364. The highest BCUT2D eigenvalue weighted by molar-refractivity contribution is 5.69. The maximum absolute atomic E-state index is 5.83. The maximum atomic E-state index is 5.83. The molecule has 0 aliphatic carbocycles. The van der Waals surface area contributed by atoms with Gasteiger partial charge < -0.3 is 21.3 Å². The summed E-state index contributed by atoms with van der Waals surface area (Å²) in [5.41, 5.74) is 14.1. The monoisotopic (exact) mass is 220 g/mol. The van der Waals surface area contributed by atoms with E-state index in [0.29, 0.717) is 11.4 Å². The molecule has 1 fully saturated rings. The van der Waals surface area contributed by atoms with Crippen molar-refractivity contribution in [2.45, 2.75) is 6.42 Å². The SMILES string of the molecule is CN1CCCN(c2ccc(N)c(N)c2)CC1. The molecule has 16 heavy (non-hydrogen) atoms. The van der Waals surface area contributed by atoms with Crippen molar-refractivity contribution in [3.05, 3.63) is 18.2 Å². The van der Waals surface area contributed by atoms with Gasteiger partial charge in [-0.2, -0.15) is 0 Å².